The van der Waals surface area contributed by atoms with Gasteiger partial charge in [-0.15, -0.1) is 0 Å². The fourth-order valence-corrected chi connectivity index (χ4v) is 4.06. The van der Waals surface area contributed by atoms with Crippen molar-refractivity contribution < 1.29 is 9.47 Å². The van der Waals surface area contributed by atoms with Gasteiger partial charge < -0.3 is 14.4 Å². The van der Waals surface area contributed by atoms with Crippen LogP contribution in [0.2, 0.25) is 5.02 Å². The van der Waals surface area contributed by atoms with Crippen LogP contribution < -0.4 is 14.4 Å². The van der Waals surface area contributed by atoms with Crippen molar-refractivity contribution in [1.82, 2.24) is 0 Å². The topological polar surface area (TPSA) is 21.7 Å². The minimum atomic E-state index is -0.582. The van der Waals surface area contributed by atoms with Gasteiger partial charge in [0.1, 0.15) is 11.5 Å². The van der Waals surface area contributed by atoms with Gasteiger partial charge in [-0.1, -0.05) is 11.6 Å². The number of halogens is 1. The summed E-state index contributed by atoms with van der Waals surface area (Å²) in [5, 5.41) is 0.747. The molecule has 124 valence electrons. The number of anilines is 1. The number of benzene rings is 2. The van der Waals surface area contributed by atoms with Gasteiger partial charge in [0.15, 0.2) is 0 Å². The smallest absolute Gasteiger partial charge is 0.211 e. The highest BCUT2D eigenvalue weighted by Gasteiger charge is 2.57. The highest BCUT2D eigenvalue weighted by Crippen LogP contribution is 2.54. The SMILES string of the molecule is COc1ccc2c(c1)C=C[C@@]1(O2)N(C)c2ccc(Cl)cc2C1(C)C. The van der Waals surface area contributed by atoms with E-state index in [2.05, 4.69) is 44.0 Å². The van der Waals surface area contributed by atoms with E-state index in [-0.39, 0.29) is 5.41 Å². The van der Waals surface area contributed by atoms with Crippen molar-refractivity contribution in [2.45, 2.75) is 25.0 Å². The number of likely N-dealkylation sites (N-methyl/N-ethyl adjacent to an activating group) is 1. The van der Waals surface area contributed by atoms with Crippen LogP contribution in [0.5, 0.6) is 11.5 Å². The summed E-state index contributed by atoms with van der Waals surface area (Å²) in [4.78, 5) is 2.20. The van der Waals surface area contributed by atoms with Gasteiger partial charge in [-0.25, -0.2) is 0 Å². The Kier molecular flexibility index (Phi) is 3.17. The minimum absolute atomic E-state index is 0.254. The van der Waals surface area contributed by atoms with E-state index in [1.807, 2.05) is 30.3 Å². The van der Waals surface area contributed by atoms with Gasteiger partial charge in [-0.3, -0.25) is 0 Å². The first-order chi connectivity index (χ1) is 11.4. The third-order valence-corrected chi connectivity index (χ3v) is 5.59. The van der Waals surface area contributed by atoms with Gasteiger partial charge in [0.2, 0.25) is 5.72 Å². The second-order valence-corrected chi connectivity index (χ2v) is 7.32. The number of fused-ring (bicyclic) bond motifs is 2. The molecule has 0 fully saturated rings. The van der Waals surface area contributed by atoms with Crippen molar-refractivity contribution in [2.75, 3.05) is 19.1 Å². The molecule has 0 radical (unpaired) electrons. The van der Waals surface area contributed by atoms with Crippen LogP contribution in [0.25, 0.3) is 6.08 Å². The standard InChI is InChI=1S/C20H20ClNO2/c1-19(2)16-12-14(21)5-7-17(16)22(3)20(19)10-9-13-11-15(23-4)6-8-18(13)24-20/h5-12H,1-4H3/t20-/m0/s1. The summed E-state index contributed by atoms with van der Waals surface area (Å²) in [7, 11) is 3.74. The van der Waals surface area contributed by atoms with E-state index < -0.39 is 5.72 Å². The predicted molar refractivity (Wildman–Crippen MR) is 98.3 cm³/mol. The average Bonchev–Trinajstić information content (AvgIpc) is 2.73. The molecule has 0 aliphatic carbocycles. The van der Waals surface area contributed by atoms with Crippen LogP contribution in [-0.4, -0.2) is 19.9 Å². The monoisotopic (exact) mass is 341 g/mol. The van der Waals surface area contributed by atoms with Gasteiger partial charge in [0.05, 0.1) is 12.5 Å². The van der Waals surface area contributed by atoms with Gasteiger partial charge in [-0.2, -0.15) is 0 Å². The fraction of sp³-hybridized carbons (Fsp3) is 0.300. The van der Waals surface area contributed by atoms with E-state index in [4.69, 9.17) is 21.1 Å². The zero-order chi connectivity index (χ0) is 17.1. The second kappa shape index (κ2) is 4.93. The number of nitrogens with zero attached hydrogens (tertiary/aromatic N) is 1. The first kappa shape index (κ1) is 15.4. The molecule has 0 saturated carbocycles. The summed E-state index contributed by atoms with van der Waals surface area (Å²) in [5.41, 5.74) is 2.53. The third kappa shape index (κ3) is 1.85. The molecule has 2 aliphatic heterocycles. The van der Waals surface area contributed by atoms with Crippen molar-refractivity contribution in [3.05, 3.63) is 58.6 Å². The van der Waals surface area contributed by atoms with E-state index in [1.165, 1.54) is 5.56 Å². The van der Waals surface area contributed by atoms with Crippen molar-refractivity contribution >= 4 is 23.4 Å². The molecule has 2 aromatic rings. The van der Waals surface area contributed by atoms with Gasteiger partial charge in [0.25, 0.3) is 0 Å². The molecule has 0 amide bonds. The molecular formula is C20H20ClNO2. The maximum absolute atomic E-state index is 6.57. The summed E-state index contributed by atoms with van der Waals surface area (Å²) in [6.07, 6.45) is 4.26. The summed E-state index contributed by atoms with van der Waals surface area (Å²) >= 11 is 6.25. The summed E-state index contributed by atoms with van der Waals surface area (Å²) in [6.45, 7) is 4.40. The van der Waals surface area contributed by atoms with Crippen LogP contribution in [0, 0.1) is 0 Å². The molecule has 0 aromatic heterocycles. The van der Waals surface area contributed by atoms with Crippen LogP contribution in [0.1, 0.15) is 25.0 Å². The molecule has 24 heavy (non-hydrogen) atoms. The summed E-state index contributed by atoms with van der Waals surface area (Å²) < 4.78 is 11.9. The predicted octanol–water partition coefficient (Wildman–Crippen LogP) is 4.88. The van der Waals surface area contributed by atoms with Crippen molar-refractivity contribution in [2.24, 2.45) is 0 Å². The maximum atomic E-state index is 6.57. The molecule has 0 unspecified atom stereocenters. The van der Waals surface area contributed by atoms with Gasteiger partial charge >= 0.3 is 0 Å². The van der Waals surface area contributed by atoms with Crippen LogP contribution in [0.4, 0.5) is 5.69 Å². The average molecular weight is 342 g/mol. The molecule has 0 saturated heterocycles. The van der Waals surface area contributed by atoms with Crippen LogP contribution in [-0.2, 0) is 5.41 Å². The molecule has 2 aliphatic rings. The van der Waals surface area contributed by atoms with E-state index in [1.54, 1.807) is 7.11 Å². The molecule has 4 rings (SSSR count). The molecule has 4 heteroatoms. The lowest BCUT2D eigenvalue weighted by molar-refractivity contribution is 0.0581. The molecule has 0 bridgehead atoms. The first-order valence-electron chi connectivity index (χ1n) is 7.99. The van der Waals surface area contributed by atoms with E-state index >= 15 is 0 Å². The van der Waals surface area contributed by atoms with E-state index in [0.717, 1.165) is 27.8 Å². The second-order valence-electron chi connectivity index (χ2n) is 6.88. The van der Waals surface area contributed by atoms with Crippen LogP contribution >= 0.6 is 11.6 Å². The van der Waals surface area contributed by atoms with Crippen LogP contribution in [0.3, 0.4) is 0 Å². The summed E-state index contributed by atoms with van der Waals surface area (Å²) in [5.74, 6) is 1.68. The normalized spacial score (nSPS) is 23.0. The Labute approximate surface area is 147 Å². The molecule has 1 atom stereocenters. The molecular weight excluding hydrogens is 322 g/mol. The number of hydrogen-bond donors (Lipinski definition) is 0. The number of rotatable bonds is 1. The van der Waals surface area contributed by atoms with Gasteiger partial charge in [0, 0.05) is 23.3 Å². The Balaban J connectivity index is 1.85. The number of methoxy groups -OCH3 is 1. The Morgan fingerprint density at radius 1 is 1.12 bits per heavy atom. The van der Waals surface area contributed by atoms with E-state index in [0.29, 0.717) is 0 Å². The quantitative estimate of drug-likeness (QED) is 0.738. The lowest BCUT2D eigenvalue weighted by atomic mass is 9.76. The summed E-state index contributed by atoms with van der Waals surface area (Å²) in [6, 6.07) is 11.9. The zero-order valence-electron chi connectivity index (χ0n) is 14.3. The van der Waals surface area contributed by atoms with Crippen molar-refractivity contribution in [3.63, 3.8) is 0 Å². The van der Waals surface area contributed by atoms with Crippen molar-refractivity contribution in [3.8, 4) is 11.5 Å². The lowest BCUT2D eigenvalue weighted by Gasteiger charge is -2.45. The largest absolute Gasteiger partial charge is 0.497 e. The number of hydrogen-bond acceptors (Lipinski definition) is 3. The van der Waals surface area contributed by atoms with Crippen molar-refractivity contribution in [1.29, 1.82) is 0 Å². The van der Waals surface area contributed by atoms with E-state index in [9.17, 15) is 0 Å². The Bertz CT molecular complexity index is 859. The lowest BCUT2D eigenvalue weighted by Crippen LogP contribution is -2.58. The highest BCUT2D eigenvalue weighted by molar-refractivity contribution is 6.30. The molecule has 1 spiro atoms. The minimum Gasteiger partial charge on any atom is -0.497 e. The molecule has 2 heterocycles. The van der Waals surface area contributed by atoms with Crippen LogP contribution in [0.15, 0.2) is 42.5 Å². The Morgan fingerprint density at radius 2 is 1.92 bits per heavy atom. The maximum Gasteiger partial charge on any atom is 0.211 e. The molecule has 3 nitrogen and oxygen atoms in total. The zero-order valence-corrected chi connectivity index (χ0v) is 15.0. The fourth-order valence-electron chi connectivity index (χ4n) is 3.89. The Hall–Kier alpha value is -2.13. The highest BCUT2D eigenvalue weighted by atomic mass is 35.5. The first-order valence-corrected chi connectivity index (χ1v) is 8.37. The molecule has 2 aromatic carbocycles. The van der Waals surface area contributed by atoms with Gasteiger partial charge in [-0.05, 0) is 68.0 Å². The third-order valence-electron chi connectivity index (χ3n) is 5.36. The molecule has 0 N–H and O–H groups in total. The Morgan fingerprint density at radius 3 is 2.67 bits per heavy atom. The number of ether oxygens (including phenoxy) is 2.